The Balaban J connectivity index is 2.62. The average molecular weight is 274 g/mol. The van der Waals surface area contributed by atoms with Gasteiger partial charge >= 0.3 is 0 Å². The molecule has 0 aliphatic carbocycles. The predicted molar refractivity (Wildman–Crippen MR) is 69.5 cm³/mol. The van der Waals surface area contributed by atoms with Gasteiger partial charge in [0.2, 0.25) is 0 Å². The van der Waals surface area contributed by atoms with Crippen molar-refractivity contribution in [3.05, 3.63) is 29.6 Å². The second kappa shape index (κ2) is 7.21. The molecule has 0 aliphatic heterocycles. The molecule has 5 heteroatoms. The number of rotatable bonds is 6. The molecule has 0 saturated carbocycles. The highest BCUT2D eigenvalue weighted by atomic mass is 35.5. The minimum atomic E-state index is -0.550. The molecule has 0 aliphatic rings. The van der Waals surface area contributed by atoms with E-state index in [0.717, 1.165) is 25.0 Å². The van der Waals surface area contributed by atoms with Crippen LogP contribution in [0, 0.1) is 11.7 Å². The standard InChI is InChI=1S/C13H17ClFNO2/c1-2-9(5-6-14)8-16-13(18)11-7-10(15)3-4-12(11)17/h3-4,7,9,17H,2,5-6,8H2,1H3,(H,16,18). The van der Waals surface area contributed by atoms with Crippen molar-refractivity contribution in [2.75, 3.05) is 12.4 Å². The third kappa shape index (κ3) is 4.18. The monoisotopic (exact) mass is 273 g/mol. The Morgan fingerprint density at radius 3 is 2.89 bits per heavy atom. The van der Waals surface area contributed by atoms with Crippen molar-refractivity contribution >= 4 is 17.5 Å². The number of aromatic hydroxyl groups is 1. The molecule has 1 aromatic rings. The third-order valence-electron chi connectivity index (χ3n) is 2.85. The Hall–Kier alpha value is -1.29. The van der Waals surface area contributed by atoms with Crippen LogP contribution in [0.25, 0.3) is 0 Å². The van der Waals surface area contributed by atoms with Crippen molar-refractivity contribution in [2.45, 2.75) is 19.8 Å². The van der Waals surface area contributed by atoms with E-state index in [1.807, 2.05) is 6.92 Å². The molecule has 1 amide bonds. The highest BCUT2D eigenvalue weighted by Crippen LogP contribution is 2.18. The largest absolute Gasteiger partial charge is 0.507 e. The molecule has 0 heterocycles. The maximum Gasteiger partial charge on any atom is 0.255 e. The van der Waals surface area contributed by atoms with Gasteiger partial charge in [-0.3, -0.25) is 4.79 Å². The van der Waals surface area contributed by atoms with Crippen molar-refractivity contribution in [1.29, 1.82) is 0 Å². The first-order chi connectivity index (χ1) is 8.58. The lowest BCUT2D eigenvalue weighted by Crippen LogP contribution is -2.29. The zero-order valence-electron chi connectivity index (χ0n) is 10.2. The van der Waals surface area contributed by atoms with Gasteiger partial charge in [0.25, 0.3) is 5.91 Å². The van der Waals surface area contributed by atoms with Crippen LogP contribution in [0.4, 0.5) is 4.39 Å². The first-order valence-corrected chi connectivity index (χ1v) is 6.44. The first kappa shape index (κ1) is 14.8. The van der Waals surface area contributed by atoms with E-state index in [1.54, 1.807) is 0 Å². The fourth-order valence-electron chi connectivity index (χ4n) is 1.63. The van der Waals surface area contributed by atoms with Crippen molar-refractivity contribution < 1.29 is 14.3 Å². The van der Waals surface area contributed by atoms with Crippen molar-refractivity contribution in [1.82, 2.24) is 5.32 Å². The van der Waals surface area contributed by atoms with Gasteiger partial charge in [0.05, 0.1) is 5.56 Å². The molecule has 3 nitrogen and oxygen atoms in total. The van der Waals surface area contributed by atoms with Crippen molar-refractivity contribution in [3.63, 3.8) is 0 Å². The highest BCUT2D eigenvalue weighted by Gasteiger charge is 2.13. The first-order valence-electron chi connectivity index (χ1n) is 5.91. The summed E-state index contributed by atoms with van der Waals surface area (Å²) in [6, 6.07) is 3.29. The molecule has 0 radical (unpaired) electrons. The molecule has 0 bridgehead atoms. The van der Waals surface area contributed by atoms with E-state index in [0.29, 0.717) is 18.3 Å². The topological polar surface area (TPSA) is 49.3 Å². The number of alkyl halides is 1. The fourth-order valence-corrected chi connectivity index (χ4v) is 1.94. The molecule has 1 atom stereocenters. The van der Waals surface area contributed by atoms with Crippen LogP contribution in [0.1, 0.15) is 30.1 Å². The molecule has 1 rings (SSSR count). The van der Waals surface area contributed by atoms with Gasteiger partial charge in [0.1, 0.15) is 11.6 Å². The number of hydrogen-bond donors (Lipinski definition) is 2. The molecule has 1 unspecified atom stereocenters. The fraction of sp³-hybridized carbons (Fsp3) is 0.462. The summed E-state index contributed by atoms with van der Waals surface area (Å²) < 4.78 is 13.0. The zero-order chi connectivity index (χ0) is 13.5. The van der Waals surface area contributed by atoms with Gasteiger partial charge < -0.3 is 10.4 Å². The van der Waals surface area contributed by atoms with Crippen LogP contribution < -0.4 is 5.32 Å². The van der Waals surface area contributed by atoms with Crippen LogP contribution in [0.2, 0.25) is 0 Å². The van der Waals surface area contributed by atoms with E-state index in [9.17, 15) is 14.3 Å². The number of benzene rings is 1. The number of phenols is 1. The number of nitrogens with one attached hydrogen (secondary N) is 1. The van der Waals surface area contributed by atoms with Gasteiger partial charge in [-0.2, -0.15) is 0 Å². The normalized spacial score (nSPS) is 12.2. The Morgan fingerprint density at radius 2 is 2.28 bits per heavy atom. The van der Waals surface area contributed by atoms with Crippen molar-refractivity contribution in [3.8, 4) is 5.75 Å². The van der Waals surface area contributed by atoms with E-state index in [2.05, 4.69) is 5.32 Å². The maximum atomic E-state index is 13.0. The van der Waals surface area contributed by atoms with E-state index < -0.39 is 11.7 Å². The summed E-state index contributed by atoms with van der Waals surface area (Å²) in [5, 5.41) is 12.2. The SMILES string of the molecule is CCC(CCCl)CNC(=O)c1cc(F)ccc1O. The molecule has 100 valence electrons. The Bertz CT molecular complexity index is 412. The molecular formula is C13H17ClFNO2. The molecule has 2 N–H and O–H groups in total. The Kier molecular flexibility index (Phi) is 5.92. The molecule has 0 spiro atoms. The highest BCUT2D eigenvalue weighted by molar-refractivity contribution is 6.17. The van der Waals surface area contributed by atoms with Crippen LogP contribution in [-0.4, -0.2) is 23.4 Å². The zero-order valence-corrected chi connectivity index (χ0v) is 11.0. The van der Waals surface area contributed by atoms with Crippen LogP contribution >= 0.6 is 11.6 Å². The van der Waals surface area contributed by atoms with Gasteiger partial charge in [0, 0.05) is 12.4 Å². The lowest BCUT2D eigenvalue weighted by molar-refractivity contribution is 0.0943. The number of amides is 1. The number of halogens is 2. The van der Waals surface area contributed by atoms with Gasteiger partial charge in [-0.25, -0.2) is 4.39 Å². The second-order valence-electron chi connectivity index (χ2n) is 4.12. The van der Waals surface area contributed by atoms with E-state index >= 15 is 0 Å². The minimum Gasteiger partial charge on any atom is -0.507 e. The minimum absolute atomic E-state index is 0.0456. The third-order valence-corrected chi connectivity index (χ3v) is 3.07. The quantitative estimate of drug-likeness (QED) is 0.783. The van der Waals surface area contributed by atoms with E-state index in [-0.39, 0.29) is 11.3 Å². The lowest BCUT2D eigenvalue weighted by atomic mass is 10.0. The maximum absolute atomic E-state index is 13.0. The molecule has 1 aromatic carbocycles. The summed E-state index contributed by atoms with van der Waals surface area (Å²) in [5.41, 5.74) is -0.0456. The molecule has 0 fully saturated rings. The number of carbonyl (C=O) groups is 1. The molecule has 0 aromatic heterocycles. The van der Waals surface area contributed by atoms with Crippen LogP contribution in [0.15, 0.2) is 18.2 Å². The van der Waals surface area contributed by atoms with Gasteiger partial charge in [-0.1, -0.05) is 13.3 Å². The van der Waals surface area contributed by atoms with Gasteiger partial charge in [-0.05, 0) is 30.5 Å². The predicted octanol–water partition coefficient (Wildman–Crippen LogP) is 2.92. The number of carbonyl (C=O) groups excluding carboxylic acids is 1. The van der Waals surface area contributed by atoms with Crippen LogP contribution in [0.5, 0.6) is 5.75 Å². The second-order valence-corrected chi connectivity index (χ2v) is 4.50. The summed E-state index contributed by atoms with van der Waals surface area (Å²) in [4.78, 5) is 11.8. The molecule has 0 saturated heterocycles. The summed E-state index contributed by atoms with van der Waals surface area (Å²) in [6.45, 7) is 2.49. The van der Waals surface area contributed by atoms with Gasteiger partial charge in [-0.15, -0.1) is 11.6 Å². The van der Waals surface area contributed by atoms with E-state index in [4.69, 9.17) is 11.6 Å². The van der Waals surface area contributed by atoms with E-state index in [1.165, 1.54) is 6.07 Å². The van der Waals surface area contributed by atoms with Crippen molar-refractivity contribution in [2.24, 2.45) is 5.92 Å². The Morgan fingerprint density at radius 1 is 1.56 bits per heavy atom. The van der Waals surface area contributed by atoms with Gasteiger partial charge in [0.15, 0.2) is 0 Å². The summed E-state index contributed by atoms with van der Waals surface area (Å²) >= 11 is 5.65. The summed E-state index contributed by atoms with van der Waals surface area (Å²) in [5.74, 6) is -0.410. The molecular weight excluding hydrogens is 257 g/mol. The van der Waals surface area contributed by atoms with Crippen LogP contribution in [-0.2, 0) is 0 Å². The molecule has 18 heavy (non-hydrogen) atoms. The van der Waals surface area contributed by atoms with Crippen LogP contribution in [0.3, 0.4) is 0 Å². The summed E-state index contributed by atoms with van der Waals surface area (Å²) in [6.07, 6.45) is 1.72. The number of phenolic OH excluding ortho intramolecular Hbond substituents is 1. The number of hydrogen-bond acceptors (Lipinski definition) is 2. The lowest BCUT2D eigenvalue weighted by Gasteiger charge is -2.14. The average Bonchev–Trinajstić information content (AvgIpc) is 2.37. The smallest absolute Gasteiger partial charge is 0.255 e. The Labute approximate surface area is 111 Å². The summed E-state index contributed by atoms with van der Waals surface area (Å²) in [7, 11) is 0.